The van der Waals surface area contributed by atoms with E-state index in [1.54, 1.807) is 12.1 Å². The number of hydrogen-bond acceptors (Lipinski definition) is 3. The quantitative estimate of drug-likeness (QED) is 0.725. The van der Waals surface area contributed by atoms with Crippen molar-refractivity contribution in [3.63, 3.8) is 0 Å². The molecule has 1 aromatic carbocycles. The first-order valence-corrected chi connectivity index (χ1v) is 6.75. The van der Waals surface area contributed by atoms with E-state index in [9.17, 15) is 9.90 Å². The SMILES string of the molecule is CC(C)C(O)CC(=O)NNc1ccc(Br)cc1Cl. The Balaban J connectivity index is 2.47. The molecule has 1 amide bonds. The zero-order valence-electron chi connectivity index (χ0n) is 10.2. The summed E-state index contributed by atoms with van der Waals surface area (Å²) in [6.07, 6.45) is -0.592. The summed E-state index contributed by atoms with van der Waals surface area (Å²) in [4.78, 5) is 11.5. The number of halogens is 2. The van der Waals surface area contributed by atoms with Gasteiger partial charge in [0.1, 0.15) is 0 Å². The van der Waals surface area contributed by atoms with Crippen molar-refractivity contribution in [3.05, 3.63) is 27.7 Å². The van der Waals surface area contributed by atoms with Crippen molar-refractivity contribution in [2.45, 2.75) is 26.4 Å². The fourth-order valence-corrected chi connectivity index (χ4v) is 1.93. The lowest BCUT2D eigenvalue weighted by Crippen LogP contribution is -2.33. The van der Waals surface area contributed by atoms with Gasteiger partial charge in [0.25, 0.3) is 0 Å². The van der Waals surface area contributed by atoms with Crippen LogP contribution in [0.1, 0.15) is 20.3 Å². The smallest absolute Gasteiger partial charge is 0.240 e. The summed E-state index contributed by atoms with van der Waals surface area (Å²) in [7, 11) is 0. The van der Waals surface area contributed by atoms with Gasteiger partial charge in [-0.15, -0.1) is 0 Å². The molecule has 1 unspecified atom stereocenters. The van der Waals surface area contributed by atoms with Gasteiger partial charge >= 0.3 is 0 Å². The number of hydrogen-bond donors (Lipinski definition) is 3. The van der Waals surface area contributed by atoms with Crippen LogP contribution in [0.3, 0.4) is 0 Å². The predicted molar refractivity (Wildman–Crippen MR) is 76.4 cm³/mol. The Morgan fingerprint density at radius 1 is 1.50 bits per heavy atom. The highest BCUT2D eigenvalue weighted by Gasteiger charge is 2.14. The Morgan fingerprint density at radius 3 is 2.72 bits per heavy atom. The average Bonchev–Trinajstić information content (AvgIpc) is 2.27. The van der Waals surface area contributed by atoms with Crippen LogP contribution >= 0.6 is 27.5 Å². The maximum absolute atomic E-state index is 11.5. The number of benzene rings is 1. The largest absolute Gasteiger partial charge is 0.392 e. The number of rotatable bonds is 5. The van der Waals surface area contributed by atoms with Crippen LogP contribution in [0.15, 0.2) is 22.7 Å². The average molecular weight is 336 g/mol. The fourth-order valence-electron chi connectivity index (χ4n) is 1.20. The van der Waals surface area contributed by atoms with Crippen molar-refractivity contribution in [2.24, 2.45) is 5.92 Å². The molecular formula is C12H16BrClN2O2. The summed E-state index contributed by atoms with van der Waals surface area (Å²) in [6.45, 7) is 3.72. The molecule has 0 radical (unpaired) electrons. The molecule has 0 saturated heterocycles. The van der Waals surface area contributed by atoms with Gasteiger partial charge in [-0.25, -0.2) is 0 Å². The molecule has 18 heavy (non-hydrogen) atoms. The van der Waals surface area contributed by atoms with Crippen LogP contribution in [0.25, 0.3) is 0 Å². The van der Waals surface area contributed by atoms with Crippen LogP contribution in [0, 0.1) is 5.92 Å². The van der Waals surface area contributed by atoms with Gasteiger partial charge in [0.15, 0.2) is 0 Å². The summed E-state index contributed by atoms with van der Waals surface area (Å²) >= 11 is 9.27. The second-order valence-electron chi connectivity index (χ2n) is 4.31. The second kappa shape index (κ2) is 6.97. The van der Waals surface area contributed by atoms with Crippen molar-refractivity contribution < 1.29 is 9.90 Å². The van der Waals surface area contributed by atoms with Crippen molar-refractivity contribution in [3.8, 4) is 0 Å². The number of carbonyl (C=O) groups excluding carboxylic acids is 1. The summed E-state index contributed by atoms with van der Waals surface area (Å²) < 4.78 is 0.861. The molecule has 100 valence electrons. The first-order valence-electron chi connectivity index (χ1n) is 5.58. The number of anilines is 1. The van der Waals surface area contributed by atoms with E-state index >= 15 is 0 Å². The van der Waals surface area contributed by atoms with Crippen LogP contribution in [-0.2, 0) is 4.79 Å². The molecular weight excluding hydrogens is 320 g/mol. The van der Waals surface area contributed by atoms with Crippen molar-refractivity contribution in [2.75, 3.05) is 5.43 Å². The lowest BCUT2D eigenvalue weighted by molar-refractivity contribution is -0.123. The van der Waals surface area contributed by atoms with Gasteiger partial charge in [-0.2, -0.15) is 0 Å². The molecule has 1 atom stereocenters. The minimum Gasteiger partial charge on any atom is -0.392 e. The van der Waals surface area contributed by atoms with E-state index < -0.39 is 6.10 Å². The topological polar surface area (TPSA) is 61.4 Å². The molecule has 0 aliphatic rings. The summed E-state index contributed by atoms with van der Waals surface area (Å²) in [5.74, 6) is -0.234. The van der Waals surface area contributed by atoms with Crippen LogP contribution in [0.2, 0.25) is 5.02 Å². The lowest BCUT2D eigenvalue weighted by Gasteiger charge is -2.15. The lowest BCUT2D eigenvalue weighted by atomic mass is 10.0. The monoisotopic (exact) mass is 334 g/mol. The minimum atomic E-state index is -0.646. The third-order valence-corrected chi connectivity index (χ3v) is 3.24. The normalized spacial score (nSPS) is 12.3. The van der Waals surface area contributed by atoms with Crippen molar-refractivity contribution >= 4 is 39.1 Å². The molecule has 0 aromatic heterocycles. The summed E-state index contributed by atoms with van der Waals surface area (Å²) in [6, 6.07) is 5.27. The van der Waals surface area contributed by atoms with Crippen LogP contribution in [0.5, 0.6) is 0 Å². The Morgan fingerprint density at radius 2 is 2.17 bits per heavy atom. The molecule has 0 bridgehead atoms. The molecule has 1 aromatic rings. The third kappa shape index (κ3) is 4.84. The van der Waals surface area contributed by atoms with E-state index in [0.29, 0.717) is 10.7 Å². The second-order valence-corrected chi connectivity index (χ2v) is 5.64. The number of carbonyl (C=O) groups is 1. The molecule has 0 saturated carbocycles. The van der Waals surface area contributed by atoms with E-state index in [1.165, 1.54) is 0 Å². The van der Waals surface area contributed by atoms with E-state index in [4.69, 9.17) is 11.6 Å². The first-order chi connectivity index (χ1) is 8.40. The van der Waals surface area contributed by atoms with Gasteiger partial charge in [0.2, 0.25) is 5.91 Å². The number of aliphatic hydroxyl groups excluding tert-OH is 1. The van der Waals surface area contributed by atoms with E-state index in [2.05, 4.69) is 26.8 Å². The summed E-state index contributed by atoms with van der Waals surface area (Å²) in [5, 5.41) is 10.1. The minimum absolute atomic E-state index is 0.0482. The Kier molecular flexibility index (Phi) is 5.91. The molecule has 3 N–H and O–H groups in total. The number of hydrazine groups is 1. The standard InChI is InChI=1S/C12H16BrClN2O2/c1-7(2)11(17)6-12(18)16-15-10-4-3-8(13)5-9(10)14/h3-5,7,11,15,17H,6H2,1-2H3,(H,16,18). The van der Waals surface area contributed by atoms with Crippen LogP contribution in [-0.4, -0.2) is 17.1 Å². The highest BCUT2D eigenvalue weighted by molar-refractivity contribution is 9.10. The number of aliphatic hydroxyl groups is 1. The maximum atomic E-state index is 11.5. The zero-order valence-corrected chi connectivity index (χ0v) is 12.5. The maximum Gasteiger partial charge on any atom is 0.240 e. The molecule has 0 aliphatic carbocycles. The highest BCUT2D eigenvalue weighted by atomic mass is 79.9. The molecule has 1 rings (SSSR count). The zero-order chi connectivity index (χ0) is 13.7. The number of nitrogens with one attached hydrogen (secondary N) is 2. The van der Waals surface area contributed by atoms with Crippen molar-refractivity contribution in [1.82, 2.24) is 5.43 Å². The Bertz CT molecular complexity index is 427. The molecule has 6 heteroatoms. The van der Waals surface area contributed by atoms with Gasteiger partial charge < -0.3 is 5.11 Å². The highest BCUT2D eigenvalue weighted by Crippen LogP contribution is 2.24. The van der Waals surface area contributed by atoms with Gasteiger partial charge in [0, 0.05) is 4.47 Å². The molecule has 0 aliphatic heterocycles. The Labute approximate surface area is 120 Å². The molecule has 4 nitrogen and oxygen atoms in total. The molecule has 0 heterocycles. The van der Waals surface area contributed by atoms with E-state index in [-0.39, 0.29) is 18.2 Å². The van der Waals surface area contributed by atoms with Gasteiger partial charge in [-0.1, -0.05) is 41.4 Å². The van der Waals surface area contributed by atoms with Gasteiger partial charge in [0.05, 0.1) is 23.2 Å². The van der Waals surface area contributed by atoms with E-state index in [0.717, 1.165) is 4.47 Å². The van der Waals surface area contributed by atoms with Gasteiger partial charge in [-0.05, 0) is 24.1 Å². The fraction of sp³-hybridized carbons (Fsp3) is 0.417. The van der Waals surface area contributed by atoms with E-state index in [1.807, 2.05) is 19.9 Å². The number of amides is 1. The van der Waals surface area contributed by atoms with Crippen LogP contribution in [0.4, 0.5) is 5.69 Å². The van der Waals surface area contributed by atoms with Gasteiger partial charge in [-0.3, -0.25) is 15.6 Å². The predicted octanol–water partition coefficient (Wildman–Crippen LogP) is 2.95. The first kappa shape index (κ1) is 15.3. The molecule has 0 fully saturated rings. The Hall–Kier alpha value is -0.780. The third-order valence-electron chi connectivity index (χ3n) is 2.43. The molecule has 0 spiro atoms. The van der Waals surface area contributed by atoms with Crippen LogP contribution < -0.4 is 10.9 Å². The summed E-state index contributed by atoms with van der Waals surface area (Å²) in [5.41, 5.74) is 5.82. The van der Waals surface area contributed by atoms with Crippen molar-refractivity contribution in [1.29, 1.82) is 0 Å².